The van der Waals surface area contributed by atoms with Gasteiger partial charge in [-0.1, -0.05) is 19.1 Å². The summed E-state index contributed by atoms with van der Waals surface area (Å²) < 4.78 is 4.92. The van der Waals surface area contributed by atoms with Crippen LogP contribution in [-0.2, 0) is 16.1 Å². The lowest BCUT2D eigenvalue weighted by Gasteiger charge is -2.19. The van der Waals surface area contributed by atoms with E-state index in [9.17, 15) is 9.59 Å². The molecule has 104 valence electrons. The number of amides is 1. The predicted molar refractivity (Wildman–Crippen MR) is 72.5 cm³/mol. The second kappa shape index (κ2) is 7.53. The van der Waals surface area contributed by atoms with Crippen LogP contribution < -0.4 is 5.73 Å². The molecular weight excluding hydrogens is 244 g/mol. The van der Waals surface area contributed by atoms with Gasteiger partial charge in [0.05, 0.1) is 13.2 Å². The van der Waals surface area contributed by atoms with Crippen molar-refractivity contribution in [2.24, 2.45) is 5.73 Å². The summed E-state index contributed by atoms with van der Waals surface area (Å²) >= 11 is 0. The van der Waals surface area contributed by atoms with Gasteiger partial charge in [0.1, 0.15) is 0 Å². The summed E-state index contributed by atoms with van der Waals surface area (Å²) in [6.45, 7) is 5.81. The SMILES string of the molecule is CCOC(=O)CN(CC)Cc1ccc(C(N)=O)cc1. The molecule has 1 amide bonds. The summed E-state index contributed by atoms with van der Waals surface area (Å²) in [6.07, 6.45) is 0. The molecule has 1 aromatic carbocycles. The van der Waals surface area contributed by atoms with Crippen LogP contribution in [0.5, 0.6) is 0 Å². The van der Waals surface area contributed by atoms with Gasteiger partial charge in [-0.15, -0.1) is 0 Å². The van der Waals surface area contributed by atoms with E-state index in [1.807, 2.05) is 24.0 Å². The lowest BCUT2D eigenvalue weighted by atomic mass is 10.1. The number of hydrogen-bond acceptors (Lipinski definition) is 4. The zero-order valence-electron chi connectivity index (χ0n) is 11.4. The molecule has 5 heteroatoms. The van der Waals surface area contributed by atoms with Crippen molar-refractivity contribution in [2.75, 3.05) is 19.7 Å². The maximum Gasteiger partial charge on any atom is 0.320 e. The number of likely N-dealkylation sites (N-methyl/N-ethyl adjacent to an activating group) is 1. The number of carbonyl (C=O) groups excluding carboxylic acids is 2. The van der Waals surface area contributed by atoms with Crippen LogP contribution in [0.1, 0.15) is 29.8 Å². The van der Waals surface area contributed by atoms with E-state index in [0.29, 0.717) is 18.7 Å². The average molecular weight is 264 g/mol. The summed E-state index contributed by atoms with van der Waals surface area (Å²) in [7, 11) is 0. The quantitative estimate of drug-likeness (QED) is 0.750. The Morgan fingerprint density at radius 1 is 1.21 bits per heavy atom. The van der Waals surface area contributed by atoms with E-state index >= 15 is 0 Å². The number of carbonyl (C=O) groups is 2. The van der Waals surface area contributed by atoms with Crippen LogP contribution in [0, 0.1) is 0 Å². The van der Waals surface area contributed by atoms with E-state index in [0.717, 1.165) is 12.1 Å². The summed E-state index contributed by atoms with van der Waals surface area (Å²) in [5.74, 6) is -0.663. The molecule has 5 nitrogen and oxygen atoms in total. The Hall–Kier alpha value is -1.88. The summed E-state index contributed by atoms with van der Waals surface area (Å²) in [5, 5.41) is 0. The third kappa shape index (κ3) is 5.09. The van der Waals surface area contributed by atoms with Crippen molar-refractivity contribution in [2.45, 2.75) is 20.4 Å². The molecule has 0 saturated heterocycles. The lowest BCUT2D eigenvalue weighted by Crippen LogP contribution is -2.30. The van der Waals surface area contributed by atoms with Crippen molar-refractivity contribution in [3.05, 3.63) is 35.4 Å². The first-order valence-corrected chi connectivity index (χ1v) is 6.33. The third-order valence-corrected chi connectivity index (χ3v) is 2.75. The van der Waals surface area contributed by atoms with Crippen LogP contribution in [0.2, 0.25) is 0 Å². The highest BCUT2D eigenvalue weighted by Crippen LogP contribution is 2.07. The normalized spacial score (nSPS) is 10.5. The molecule has 0 fully saturated rings. The number of primary amides is 1. The Bertz CT molecular complexity index is 429. The van der Waals surface area contributed by atoms with Crippen LogP contribution in [0.4, 0.5) is 0 Å². The van der Waals surface area contributed by atoms with Crippen LogP contribution in [0.15, 0.2) is 24.3 Å². The Labute approximate surface area is 113 Å². The number of esters is 1. The molecule has 0 aliphatic heterocycles. The smallest absolute Gasteiger partial charge is 0.320 e. The van der Waals surface area contributed by atoms with Gasteiger partial charge in [-0.25, -0.2) is 0 Å². The van der Waals surface area contributed by atoms with Crippen molar-refractivity contribution in [3.63, 3.8) is 0 Å². The van der Waals surface area contributed by atoms with Crippen LogP contribution in [-0.4, -0.2) is 36.5 Å². The number of hydrogen-bond donors (Lipinski definition) is 1. The van der Waals surface area contributed by atoms with Crippen molar-refractivity contribution in [3.8, 4) is 0 Å². The predicted octanol–water partition coefficient (Wildman–Crippen LogP) is 1.17. The van der Waals surface area contributed by atoms with E-state index in [2.05, 4.69) is 0 Å². The van der Waals surface area contributed by atoms with Crippen LogP contribution in [0.3, 0.4) is 0 Å². The minimum absolute atomic E-state index is 0.224. The minimum atomic E-state index is -0.439. The van der Waals surface area contributed by atoms with Crippen molar-refractivity contribution < 1.29 is 14.3 Å². The second-order valence-electron chi connectivity index (χ2n) is 4.17. The molecule has 0 aromatic heterocycles. The van der Waals surface area contributed by atoms with Gasteiger partial charge in [0.15, 0.2) is 0 Å². The van der Waals surface area contributed by atoms with Gasteiger partial charge in [-0.3, -0.25) is 14.5 Å². The zero-order chi connectivity index (χ0) is 14.3. The molecule has 1 aromatic rings. The molecule has 0 saturated carbocycles. The fourth-order valence-corrected chi connectivity index (χ4v) is 1.70. The zero-order valence-corrected chi connectivity index (χ0v) is 11.4. The molecule has 2 N–H and O–H groups in total. The van der Waals surface area contributed by atoms with Gasteiger partial charge in [-0.2, -0.15) is 0 Å². The second-order valence-corrected chi connectivity index (χ2v) is 4.17. The number of rotatable bonds is 7. The first-order valence-electron chi connectivity index (χ1n) is 6.33. The van der Waals surface area contributed by atoms with Crippen molar-refractivity contribution in [1.29, 1.82) is 0 Å². The molecule has 0 spiro atoms. The molecule has 0 aliphatic carbocycles. The molecule has 1 rings (SSSR count). The number of benzene rings is 1. The van der Waals surface area contributed by atoms with Gasteiger partial charge in [0, 0.05) is 12.1 Å². The molecule has 0 atom stereocenters. The Morgan fingerprint density at radius 3 is 2.32 bits per heavy atom. The van der Waals surface area contributed by atoms with Gasteiger partial charge in [0.25, 0.3) is 0 Å². The van der Waals surface area contributed by atoms with Crippen molar-refractivity contribution >= 4 is 11.9 Å². The Morgan fingerprint density at radius 2 is 1.84 bits per heavy atom. The fourth-order valence-electron chi connectivity index (χ4n) is 1.70. The molecule has 0 radical (unpaired) electrons. The molecule has 0 bridgehead atoms. The Balaban J connectivity index is 2.60. The Kier molecular flexibility index (Phi) is 6.02. The third-order valence-electron chi connectivity index (χ3n) is 2.75. The van der Waals surface area contributed by atoms with Crippen molar-refractivity contribution in [1.82, 2.24) is 4.90 Å². The number of ether oxygens (including phenoxy) is 1. The van der Waals surface area contributed by atoms with Gasteiger partial charge < -0.3 is 10.5 Å². The summed E-state index contributed by atoms with van der Waals surface area (Å²) in [5.41, 5.74) is 6.69. The molecule has 0 aliphatic rings. The number of nitrogens with two attached hydrogens (primary N) is 1. The maximum absolute atomic E-state index is 11.4. The average Bonchev–Trinajstić information content (AvgIpc) is 2.38. The summed E-state index contributed by atoms with van der Waals surface area (Å²) in [4.78, 5) is 24.3. The first kappa shape index (κ1) is 15.2. The lowest BCUT2D eigenvalue weighted by molar-refractivity contribution is -0.144. The molecule has 0 unspecified atom stereocenters. The topological polar surface area (TPSA) is 72.6 Å². The number of nitrogens with zero attached hydrogens (tertiary/aromatic N) is 1. The maximum atomic E-state index is 11.4. The monoisotopic (exact) mass is 264 g/mol. The van der Waals surface area contributed by atoms with Gasteiger partial charge >= 0.3 is 5.97 Å². The highest BCUT2D eigenvalue weighted by molar-refractivity contribution is 5.92. The van der Waals surface area contributed by atoms with Gasteiger partial charge in [0.2, 0.25) is 5.91 Å². The fraction of sp³-hybridized carbons (Fsp3) is 0.429. The highest BCUT2D eigenvalue weighted by Gasteiger charge is 2.10. The van der Waals surface area contributed by atoms with Gasteiger partial charge in [-0.05, 0) is 31.2 Å². The molecule has 0 heterocycles. The highest BCUT2D eigenvalue weighted by atomic mass is 16.5. The molecular formula is C14H20N2O3. The standard InChI is InChI=1S/C14H20N2O3/c1-3-16(10-13(17)19-4-2)9-11-5-7-12(8-6-11)14(15)18/h5-8H,3-4,9-10H2,1-2H3,(H2,15,18). The van der Waals surface area contributed by atoms with Crippen LogP contribution >= 0.6 is 0 Å². The van der Waals surface area contributed by atoms with E-state index in [-0.39, 0.29) is 12.5 Å². The van der Waals surface area contributed by atoms with E-state index in [1.165, 1.54) is 0 Å². The summed E-state index contributed by atoms with van der Waals surface area (Å²) in [6, 6.07) is 7.06. The first-order chi connectivity index (χ1) is 9.06. The largest absolute Gasteiger partial charge is 0.465 e. The van der Waals surface area contributed by atoms with E-state index < -0.39 is 5.91 Å². The van der Waals surface area contributed by atoms with E-state index in [1.54, 1.807) is 19.1 Å². The van der Waals surface area contributed by atoms with Crippen LogP contribution in [0.25, 0.3) is 0 Å². The van der Waals surface area contributed by atoms with E-state index in [4.69, 9.17) is 10.5 Å². The molecule has 19 heavy (non-hydrogen) atoms. The minimum Gasteiger partial charge on any atom is -0.465 e.